The zero-order chi connectivity index (χ0) is 14.6. The molecule has 1 aromatic carbocycles. The molecule has 0 atom stereocenters. The van der Waals surface area contributed by atoms with Gasteiger partial charge in [-0.15, -0.1) is 0 Å². The van der Waals surface area contributed by atoms with Crippen LogP contribution >= 0.6 is 15.9 Å². The zero-order valence-corrected chi connectivity index (χ0v) is 14.4. The number of rotatable bonds is 11. The summed E-state index contributed by atoms with van der Waals surface area (Å²) in [7, 11) is 1.67. The maximum absolute atomic E-state index is 5.78. The maximum Gasteiger partial charge on any atom is 0.133 e. The summed E-state index contributed by atoms with van der Waals surface area (Å²) >= 11 is 3.50. The predicted molar refractivity (Wildman–Crippen MR) is 88.8 cm³/mol. The molecule has 0 saturated carbocycles. The predicted octanol–water partition coefficient (Wildman–Crippen LogP) is 5.98. The van der Waals surface area contributed by atoms with Gasteiger partial charge in [-0.05, 0) is 40.5 Å². The first kappa shape index (κ1) is 17.4. The molecular weight excluding hydrogens is 316 g/mol. The average molecular weight is 343 g/mol. The third kappa shape index (κ3) is 7.18. The third-order valence-electron chi connectivity index (χ3n) is 3.39. The molecule has 1 aromatic rings. The fraction of sp³-hybridized carbons (Fsp3) is 0.647. The first-order valence-electron chi connectivity index (χ1n) is 7.74. The van der Waals surface area contributed by atoms with Gasteiger partial charge in [0.05, 0.1) is 18.2 Å². The fourth-order valence-electron chi connectivity index (χ4n) is 2.14. The van der Waals surface area contributed by atoms with Gasteiger partial charge in [-0.2, -0.15) is 0 Å². The van der Waals surface area contributed by atoms with Gasteiger partial charge >= 0.3 is 0 Å². The Morgan fingerprint density at radius 1 is 0.950 bits per heavy atom. The highest BCUT2D eigenvalue weighted by molar-refractivity contribution is 9.10. The van der Waals surface area contributed by atoms with Gasteiger partial charge in [0.15, 0.2) is 0 Å². The van der Waals surface area contributed by atoms with E-state index in [1.54, 1.807) is 7.11 Å². The van der Waals surface area contributed by atoms with Crippen molar-refractivity contribution in [1.82, 2.24) is 0 Å². The summed E-state index contributed by atoms with van der Waals surface area (Å²) < 4.78 is 11.9. The Hall–Kier alpha value is -0.700. The van der Waals surface area contributed by atoms with Crippen molar-refractivity contribution in [3.63, 3.8) is 0 Å². The van der Waals surface area contributed by atoms with E-state index < -0.39 is 0 Å². The molecule has 0 saturated heterocycles. The van der Waals surface area contributed by atoms with Gasteiger partial charge in [0, 0.05) is 0 Å². The number of halogens is 1. The summed E-state index contributed by atoms with van der Waals surface area (Å²) in [5.41, 5.74) is 0. The molecule has 114 valence electrons. The monoisotopic (exact) mass is 342 g/mol. The Bertz CT molecular complexity index is 366. The summed E-state index contributed by atoms with van der Waals surface area (Å²) in [6.07, 6.45) is 10.6. The highest BCUT2D eigenvalue weighted by atomic mass is 79.9. The maximum atomic E-state index is 5.78. The molecule has 3 heteroatoms. The number of benzene rings is 1. The second-order valence-electron chi connectivity index (χ2n) is 5.12. The highest BCUT2D eigenvalue weighted by Gasteiger charge is 2.02. The summed E-state index contributed by atoms with van der Waals surface area (Å²) in [4.78, 5) is 0. The van der Waals surface area contributed by atoms with Crippen molar-refractivity contribution in [3.05, 3.63) is 22.7 Å². The fourth-order valence-corrected chi connectivity index (χ4v) is 2.62. The molecule has 0 N–H and O–H groups in total. The van der Waals surface area contributed by atoms with Gasteiger partial charge in [0.1, 0.15) is 11.5 Å². The van der Waals surface area contributed by atoms with E-state index in [0.29, 0.717) is 0 Å². The van der Waals surface area contributed by atoms with Gasteiger partial charge < -0.3 is 9.47 Å². The number of hydrogen-bond donors (Lipinski definition) is 0. The topological polar surface area (TPSA) is 18.5 Å². The van der Waals surface area contributed by atoms with E-state index in [0.717, 1.165) is 29.0 Å². The van der Waals surface area contributed by atoms with Crippen LogP contribution in [0, 0.1) is 0 Å². The molecule has 2 nitrogen and oxygen atoms in total. The Morgan fingerprint density at radius 2 is 1.60 bits per heavy atom. The Balaban J connectivity index is 2.06. The molecule has 0 bridgehead atoms. The smallest absolute Gasteiger partial charge is 0.133 e. The molecule has 20 heavy (non-hydrogen) atoms. The van der Waals surface area contributed by atoms with E-state index in [1.807, 2.05) is 18.2 Å². The van der Waals surface area contributed by atoms with Gasteiger partial charge in [-0.3, -0.25) is 0 Å². The number of hydrogen-bond acceptors (Lipinski definition) is 2. The quantitative estimate of drug-likeness (QED) is 0.460. The van der Waals surface area contributed by atoms with Crippen molar-refractivity contribution in [2.24, 2.45) is 0 Å². The van der Waals surface area contributed by atoms with E-state index in [1.165, 1.54) is 44.9 Å². The summed E-state index contributed by atoms with van der Waals surface area (Å²) in [6, 6.07) is 5.81. The van der Waals surface area contributed by atoms with Crippen LogP contribution in [0.1, 0.15) is 58.3 Å². The minimum absolute atomic E-state index is 0.792. The van der Waals surface area contributed by atoms with Crippen LogP contribution in [0.4, 0.5) is 0 Å². The number of unbranched alkanes of at least 4 members (excludes halogenated alkanes) is 7. The van der Waals surface area contributed by atoms with Crippen LogP contribution in [0.3, 0.4) is 0 Å². The minimum Gasteiger partial charge on any atom is -0.497 e. The molecule has 0 aliphatic heterocycles. The van der Waals surface area contributed by atoms with Crippen molar-refractivity contribution in [3.8, 4) is 11.5 Å². The lowest BCUT2D eigenvalue weighted by atomic mass is 10.1. The van der Waals surface area contributed by atoms with Crippen LogP contribution < -0.4 is 9.47 Å². The van der Waals surface area contributed by atoms with E-state index in [2.05, 4.69) is 22.9 Å². The lowest BCUT2D eigenvalue weighted by molar-refractivity contribution is 0.301. The van der Waals surface area contributed by atoms with Gasteiger partial charge in [-0.25, -0.2) is 0 Å². The third-order valence-corrected chi connectivity index (χ3v) is 4.01. The van der Waals surface area contributed by atoms with E-state index in [4.69, 9.17) is 9.47 Å². The van der Waals surface area contributed by atoms with Crippen molar-refractivity contribution >= 4 is 15.9 Å². The van der Waals surface area contributed by atoms with Crippen LogP contribution in [0.25, 0.3) is 0 Å². The standard InChI is InChI=1S/C17H27BrO2/c1-3-4-5-6-7-8-9-10-13-20-17-12-11-15(19-2)14-16(17)18/h11-12,14H,3-10,13H2,1-2H3. The summed E-state index contributed by atoms with van der Waals surface area (Å²) in [5.74, 6) is 1.74. The molecule has 0 fully saturated rings. The van der Waals surface area contributed by atoms with Gasteiger partial charge in [0.25, 0.3) is 0 Å². The molecular formula is C17H27BrO2. The lowest BCUT2D eigenvalue weighted by Gasteiger charge is -2.09. The number of methoxy groups -OCH3 is 1. The molecule has 0 spiro atoms. The van der Waals surface area contributed by atoms with Crippen LogP contribution in [-0.4, -0.2) is 13.7 Å². The van der Waals surface area contributed by atoms with Crippen molar-refractivity contribution < 1.29 is 9.47 Å². The first-order chi connectivity index (χ1) is 9.77. The Morgan fingerprint density at radius 3 is 2.20 bits per heavy atom. The molecule has 0 unspecified atom stereocenters. The minimum atomic E-state index is 0.792. The lowest BCUT2D eigenvalue weighted by Crippen LogP contribution is -1.98. The summed E-state index contributed by atoms with van der Waals surface area (Å²) in [6.45, 7) is 3.05. The zero-order valence-electron chi connectivity index (χ0n) is 12.8. The average Bonchev–Trinajstić information content (AvgIpc) is 2.47. The van der Waals surface area contributed by atoms with Crippen molar-refractivity contribution in [2.75, 3.05) is 13.7 Å². The molecule has 0 aliphatic rings. The largest absolute Gasteiger partial charge is 0.497 e. The van der Waals surface area contributed by atoms with Crippen LogP contribution in [-0.2, 0) is 0 Å². The molecule has 1 rings (SSSR count). The molecule has 0 aromatic heterocycles. The molecule has 0 radical (unpaired) electrons. The molecule has 0 heterocycles. The summed E-state index contributed by atoms with van der Waals surface area (Å²) in [5, 5.41) is 0. The number of ether oxygens (including phenoxy) is 2. The van der Waals surface area contributed by atoms with Gasteiger partial charge in [-0.1, -0.05) is 51.9 Å². The van der Waals surface area contributed by atoms with Crippen molar-refractivity contribution in [1.29, 1.82) is 0 Å². The van der Waals surface area contributed by atoms with E-state index >= 15 is 0 Å². The van der Waals surface area contributed by atoms with Crippen LogP contribution in [0.5, 0.6) is 11.5 Å². The Kier molecular flexibility index (Phi) is 9.56. The first-order valence-corrected chi connectivity index (χ1v) is 8.53. The van der Waals surface area contributed by atoms with Gasteiger partial charge in [0.2, 0.25) is 0 Å². The van der Waals surface area contributed by atoms with Crippen LogP contribution in [0.2, 0.25) is 0 Å². The highest BCUT2D eigenvalue weighted by Crippen LogP contribution is 2.29. The second kappa shape index (κ2) is 11.0. The van der Waals surface area contributed by atoms with E-state index in [-0.39, 0.29) is 0 Å². The Labute approximate surface area is 132 Å². The molecule has 0 amide bonds. The van der Waals surface area contributed by atoms with E-state index in [9.17, 15) is 0 Å². The second-order valence-corrected chi connectivity index (χ2v) is 5.97. The van der Waals surface area contributed by atoms with Crippen LogP contribution in [0.15, 0.2) is 22.7 Å². The normalized spacial score (nSPS) is 10.6. The SMILES string of the molecule is CCCCCCCCCCOc1ccc(OC)cc1Br. The van der Waals surface area contributed by atoms with Crippen molar-refractivity contribution in [2.45, 2.75) is 58.3 Å². The molecule has 0 aliphatic carbocycles.